The highest BCUT2D eigenvalue weighted by atomic mass is 32.2. The number of carbonyl (C=O) groups is 2. The number of benzene rings is 1. The number of likely N-dealkylation sites (tertiary alicyclic amines) is 1. The Morgan fingerprint density at radius 3 is 2.21 bits per heavy atom. The minimum atomic E-state index is -3.50. The van der Waals surface area contributed by atoms with Gasteiger partial charge in [0, 0.05) is 25.7 Å². The molecule has 3 rings (SSSR count). The van der Waals surface area contributed by atoms with Crippen LogP contribution in [0.25, 0.3) is 0 Å². The molecular formula is C21H31N3O4S. The number of sulfonamides is 1. The summed E-state index contributed by atoms with van der Waals surface area (Å²) < 4.78 is 27.9. The lowest BCUT2D eigenvalue weighted by atomic mass is 9.96. The van der Waals surface area contributed by atoms with Crippen LogP contribution in [0.5, 0.6) is 0 Å². The molecule has 7 nitrogen and oxygen atoms in total. The van der Waals surface area contributed by atoms with E-state index in [1.54, 1.807) is 29.2 Å². The van der Waals surface area contributed by atoms with Crippen LogP contribution in [0.4, 0.5) is 0 Å². The molecular weight excluding hydrogens is 390 g/mol. The second-order valence-electron chi connectivity index (χ2n) is 7.96. The summed E-state index contributed by atoms with van der Waals surface area (Å²) >= 11 is 0. The van der Waals surface area contributed by atoms with Gasteiger partial charge in [0.1, 0.15) is 0 Å². The van der Waals surface area contributed by atoms with Crippen molar-refractivity contribution in [1.29, 1.82) is 0 Å². The molecule has 1 aromatic carbocycles. The lowest BCUT2D eigenvalue weighted by molar-refractivity contribution is -0.146. The largest absolute Gasteiger partial charge is 0.347 e. The van der Waals surface area contributed by atoms with E-state index < -0.39 is 21.8 Å². The van der Waals surface area contributed by atoms with Gasteiger partial charge >= 0.3 is 11.8 Å². The van der Waals surface area contributed by atoms with Crippen molar-refractivity contribution in [2.24, 2.45) is 0 Å². The van der Waals surface area contributed by atoms with Crippen LogP contribution in [0.3, 0.4) is 0 Å². The topological polar surface area (TPSA) is 95.6 Å². The zero-order valence-corrected chi connectivity index (χ0v) is 17.7. The van der Waals surface area contributed by atoms with E-state index in [1.165, 1.54) is 6.42 Å². The van der Waals surface area contributed by atoms with Gasteiger partial charge in [-0.05, 0) is 56.2 Å². The Morgan fingerprint density at radius 2 is 1.55 bits per heavy atom. The van der Waals surface area contributed by atoms with Gasteiger partial charge in [-0.3, -0.25) is 9.59 Å². The van der Waals surface area contributed by atoms with Crippen LogP contribution in [-0.2, 0) is 26.0 Å². The van der Waals surface area contributed by atoms with Crippen molar-refractivity contribution in [3.05, 3.63) is 29.8 Å². The van der Waals surface area contributed by atoms with Crippen LogP contribution in [0.2, 0.25) is 0 Å². The molecule has 1 heterocycles. The van der Waals surface area contributed by atoms with Crippen LogP contribution in [-0.4, -0.2) is 50.8 Å². The fourth-order valence-electron chi connectivity index (χ4n) is 3.98. The Kier molecular flexibility index (Phi) is 7.66. The zero-order chi connectivity index (χ0) is 20.7. The Bertz CT molecular complexity index is 796. The third-order valence-corrected chi connectivity index (χ3v) is 7.23. The maximum Gasteiger partial charge on any atom is 0.311 e. The quantitative estimate of drug-likeness (QED) is 0.687. The van der Waals surface area contributed by atoms with E-state index in [2.05, 4.69) is 10.0 Å². The van der Waals surface area contributed by atoms with Crippen molar-refractivity contribution in [1.82, 2.24) is 14.9 Å². The summed E-state index contributed by atoms with van der Waals surface area (Å²) in [7, 11) is -3.50. The second kappa shape index (κ2) is 10.2. The van der Waals surface area contributed by atoms with Gasteiger partial charge in [-0.25, -0.2) is 13.1 Å². The number of amides is 2. The highest BCUT2D eigenvalue weighted by Crippen LogP contribution is 2.20. The van der Waals surface area contributed by atoms with Gasteiger partial charge in [0.05, 0.1) is 4.90 Å². The number of rotatable bonds is 6. The van der Waals surface area contributed by atoms with E-state index in [-0.39, 0.29) is 10.9 Å². The summed E-state index contributed by atoms with van der Waals surface area (Å²) in [5.41, 5.74) is 0.910. The van der Waals surface area contributed by atoms with Crippen LogP contribution in [0, 0.1) is 0 Å². The molecule has 0 aromatic heterocycles. The van der Waals surface area contributed by atoms with Crippen LogP contribution in [0.15, 0.2) is 29.2 Å². The molecule has 0 atom stereocenters. The maximum atomic E-state index is 12.5. The second-order valence-corrected chi connectivity index (χ2v) is 9.67. The van der Waals surface area contributed by atoms with Crippen LogP contribution < -0.4 is 10.0 Å². The number of piperidine rings is 1. The first-order valence-electron chi connectivity index (χ1n) is 10.6. The predicted octanol–water partition coefficient (Wildman–Crippen LogP) is 1.97. The molecule has 2 aliphatic rings. The van der Waals surface area contributed by atoms with E-state index in [4.69, 9.17) is 0 Å². The average molecular weight is 422 g/mol. The molecule has 1 saturated carbocycles. The van der Waals surface area contributed by atoms with Gasteiger partial charge in [-0.15, -0.1) is 0 Å². The van der Waals surface area contributed by atoms with E-state index in [9.17, 15) is 18.0 Å². The van der Waals surface area contributed by atoms with Gasteiger partial charge in [-0.1, -0.05) is 31.4 Å². The molecule has 8 heteroatoms. The Labute approximate surface area is 173 Å². The van der Waals surface area contributed by atoms with Crippen LogP contribution >= 0.6 is 0 Å². The van der Waals surface area contributed by atoms with Gasteiger partial charge in [0.15, 0.2) is 0 Å². The van der Waals surface area contributed by atoms with Crippen molar-refractivity contribution >= 4 is 21.8 Å². The summed E-state index contributed by atoms with van der Waals surface area (Å²) in [5.74, 6) is -1.03. The molecule has 29 heavy (non-hydrogen) atoms. The number of hydrogen-bond acceptors (Lipinski definition) is 4. The summed E-state index contributed by atoms with van der Waals surface area (Å²) in [5, 5.41) is 2.67. The van der Waals surface area contributed by atoms with Gasteiger partial charge in [0.2, 0.25) is 10.0 Å². The smallest absolute Gasteiger partial charge is 0.311 e. The molecule has 0 radical (unpaired) electrons. The Hall–Kier alpha value is -1.93. The van der Waals surface area contributed by atoms with E-state index in [0.29, 0.717) is 26.1 Å². The number of hydrogen-bond donors (Lipinski definition) is 2. The molecule has 1 aliphatic heterocycles. The van der Waals surface area contributed by atoms with Crippen molar-refractivity contribution in [2.75, 3.05) is 19.6 Å². The lowest BCUT2D eigenvalue weighted by Gasteiger charge is -2.25. The number of nitrogens with one attached hydrogen (secondary N) is 2. The van der Waals surface area contributed by atoms with Crippen LogP contribution in [0.1, 0.15) is 56.9 Å². The maximum absolute atomic E-state index is 12.5. The number of carbonyl (C=O) groups excluding carboxylic acids is 2. The molecule has 160 valence electrons. The monoisotopic (exact) mass is 421 g/mol. The molecule has 0 bridgehead atoms. The summed E-state index contributed by atoms with van der Waals surface area (Å²) in [6.07, 6.45) is 8.64. The van der Waals surface area contributed by atoms with E-state index in [0.717, 1.165) is 50.5 Å². The van der Waals surface area contributed by atoms with Crippen molar-refractivity contribution in [3.63, 3.8) is 0 Å². The van der Waals surface area contributed by atoms with Crippen molar-refractivity contribution in [3.8, 4) is 0 Å². The average Bonchev–Trinajstić information content (AvgIpc) is 2.74. The molecule has 0 spiro atoms. The molecule has 2 N–H and O–H groups in total. The molecule has 1 aromatic rings. The fraction of sp³-hybridized carbons (Fsp3) is 0.619. The minimum Gasteiger partial charge on any atom is -0.347 e. The third-order valence-electron chi connectivity index (χ3n) is 5.70. The van der Waals surface area contributed by atoms with E-state index >= 15 is 0 Å². The molecule has 2 amide bonds. The van der Waals surface area contributed by atoms with E-state index in [1.807, 2.05) is 0 Å². The molecule has 0 unspecified atom stereocenters. The Morgan fingerprint density at radius 1 is 0.931 bits per heavy atom. The highest BCUT2D eigenvalue weighted by molar-refractivity contribution is 7.89. The first-order chi connectivity index (χ1) is 14.0. The summed E-state index contributed by atoms with van der Waals surface area (Å²) in [6.45, 7) is 1.64. The minimum absolute atomic E-state index is 0.0288. The van der Waals surface area contributed by atoms with Crippen molar-refractivity contribution < 1.29 is 18.0 Å². The lowest BCUT2D eigenvalue weighted by Crippen LogP contribution is -2.45. The third kappa shape index (κ3) is 6.27. The van der Waals surface area contributed by atoms with Gasteiger partial charge < -0.3 is 10.2 Å². The normalized spacial score (nSPS) is 18.4. The summed E-state index contributed by atoms with van der Waals surface area (Å²) in [6, 6.07) is 6.74. The Balaban J connectivity index is 1.46. The molecule has 1 aliphatic carbocycles. The van der Waals surface area contributed by atoms with Crippen molar-refractivity contribution in [2.45, 2.75) is 68.7 Å². The number of nitrogens with zero attached hydrogens (tertiary/aromatic N) is 1. The van der Waals surface area contributed by atoms with Gasteiger partial charge in [0.25, 0.3) is 0 Å². The molecule has 2 fully saturated rings. The summed E-state index contributed by atoms with van der Waals surface area (Å²) in [4.78, 5) is 26.0. The standard InChI is InChI=1S/C21H31N3O4S/c25-20(21(26)24-15-5-2-6-16-24)22-14-13-17-9-11-19(12-10-17)29(27,28)23-18-7-3-1-4-8-18/h9-12,18,23H,1-8,13-16H2,(H,22,25). The first-order valence-corrected chi connectivity index (χ1v) is 12.1. The SMILES string of the molecule is O=C(NCCc1ccc(S(=O)(=O)NC2CCCCC2)cc1)C(=O)N1CCCCC1. The molecule has 1 saturated heterocycles. The van der Waals surface area contributed by atoms with Gasteiger partial charge in [-0.2, -0.15) is 0 Å². The first kappa shape index (κ1) is 21.8. The zero-order valence-electron chi connectivity index (χ0n) is 16.9. The highest BCUT2D eigenvalue weighted by Gasteiger charge is 2.23. The predicted molar refractivity (Wildman–Crippen MR) is 111 cm³/mol. The fourth-order valence-corrected chi connectivity index (χ4v) is 5.28.